The SMILES string of the molecule is c1ccc(-n2c3ccccc3c3cc(-c4ccc5c(c4)-c4ccccc4C54c5ccccc5-c5c4cc4c6c(cccc56)-c5ccccc5-4)ccc32)cc1. The first-order valence-corrected chi connectivity index (χ1v) is 18.9. The topological polar surface area (TPSA) is 4.93 Å². The van der Waals surface area contributed by atoms with Crippen molar-refractivity contribution in [1.82, 2.24) is 4.57 Å². The van der Waals surface area contributed by atoms with Gasteiger partial charge in [0.15, 0.2) is 0 Å². The van der Waals surface area contributed by atoms with Crippen LogP contribution in [0.5, 0.6) is 0 Å². The third kappa shape index (κ3) is 3.37. The van der Waals surface area contributed by atoms with E-state index in [-0.39, 0.29) is 0 Å². The quantitative estimate of drug-likeness (QED) is 0.171. The molecule has 0 bridgehead atoms. The molecule has 10 aromatic rings. The molecule has 3 aliphatic rings. The normalized spacial score (nSPS) is 15.5. The lowest BCUT2D eigenvalue weighted by Crippen LogP contribution is -2.25. The molecule has 1 atom stereocenters. The van der Waals surface area contributed by atoms with E-state index in [1.165, 1.54) is 116 Å². The van der Waals surface area contributed by atoms with Crippen molar-refractivity contribution in [3.8, 4) is 61.3 Å². The fourth-order valence-electron chi connectivity index (χ4n) is 10.7. The van der Waals surface area contributed by atoms with Gasteiger partial charge in [-0.3, -0.25) is 0 Å². The monoisotopic (exact) mass is 681 g/mol. The zero-order valence-corrected chi connectivity index (χ0v) is 29.3. The van der Waals surface area contributed by atoms with Crippen LogP contribution >= 0.6 is 0 Å². The van der Waals surface area contributed by atoms with Crippen LogP contribution in [-0.4, -0.2) is 4.57 Å². The third-order valence-electron chi connectivity index (χ3n) is 12.7. The number of benzene rings is 9. The Morgan fingerprint density at radius 3 is 1.76 bits per heavy atom. The Morgan fingerprint density at radius 1 is 0.315 bits per heavy atom. The molecule has 3 aliphatic carbocycles. The first-order chi connectivity index (χ1) is 26.8. The summed E-state index contributed by atoms with van der Waals surface area (Å²) in [6, 6.07) is 70.6. The van der Waals surface area contributed by atoms with Gasteiger partial charge in [0.05, 0.1) is 16.4 Å². The van der Waals surface area contributed by atoms with E-state index >= 15 is 0 Å². The number of para-hydroxylation sites is 2. The lowest BCUT2D eigenvalue weighted by atomic mass is 9.70. The van der Waals surface area contributed by atoms with Crippen molar-refractivity contribution in [2.45, 2.75) is 5.41 Å². The van der Waals surface area contributed by atoms with Crippen LogP contribution < -0.4 is 0 Å². The van der Waals surface area contributed by atoms with Gasteiger partial charge in [-0.2, -0.15) is 0 Å². The molecule has 1 unspecified atom stereocenters. The van der Waals surface area contributed by atoms with Crippen molar-refractivity contribution >= 4 is 32.6 Å². The van der Waals surface area contributed by atoms with Gasteiger partial charge in [-0.05, 0) is 131 Å². The molecule has 0 saturated carbocycles. The summed E-state index contributed by atoms with van der Waals surface area (Å²) in [5, 5.41) is 5.28. The molecule has 0 N–H and O–H groups in total. The Morgan fingerprint density at radius 2 is 0.907 bits per heavy atom. The maximum atomic E-state index is 2.56. The van der Waals surface area contributed by atoms with Gasteiger partial charge in [-0.15, -0.1) is 0 Å². The zero-order valence-electron chi connectivity index (χ0n) is 29.3. The van der Waals surface area contributed by atoms with Gasteiger partial charge in [0.1, 0.15) is 0 Å². The molecule has 0 saturated heterocycles. The van der Waals surface area contributed by atoms with E-state index in [1.807, 2.05) is 0 Å². The highest BCUT2D eigenvalue weighted by atomic mass is 15.0. The minimum absolute atomic E-state index is 0.415. The predicted octanol–water partition coefficient (Wildman–Crippen LogP) is 13.6. The van der Waals surface area contributed by atoms with E-state index in [4.69, 9.17) is 0 Å². The Hall–Kier alpha value is -6.96. The highest BCUT2D eigenvalue weighted by Crippen LogP contribution is 2.65. The van der Waals surface area contributed by atoms with Gasteiger partial charge in [0.2, 0.25) is 0 Å². The first-order valence-electron chi connectivity index (χ1n) is 18.9. The summed E-state index contributed by atoms with van der Waals surface area (Å²) in [6.07, 6.45) is 0. The van der Waals surface area contributed by atoms with Crippen LogP contribution in [0.15, 0.2) is 188 Å². The number of rotatable bonds is 2. The molecule has 0 aliphatic heterocycles. The number of nitrogens with zero attached hydrogens (tertiary/aromatic N) is 1. The van der Waals surface area contributed by atoms with Crippen LogP contribution in [0, 0.1) is 0 Å². The maximum Gasteiger partial charge on any atom is 0.0725 e. The molecule has 1 nitrogen and oxygen atoms in total. The van der Waals surface area contributed by atoms with Gasteiger partial charge < -0.3 is 4.57 Å². The minimum Gasteiger partial charge on any atom is -0.309 e. The van der Waals surface area contributed by atoms with Crippen molar-refractivity contribution in [2.24, 2.45) is 0 Å². The van der Waals surface area contributed by atoms with Crippen LogP contribution in [-0.2, 0) is 5.41 Å². The molecular weight excluding hydrogens is 651 g/mol. The molecule has 0 radical (unpaired) electrons. The second kappa shape index (κ2) is 10.1. The maximum absolute atomic E-state index is 2.56. The van der Waals surface area contributed by atoms with Gasteiger partial charge >= 0.3 is 0 Å². The molecule has 0 amide bonds. The van der Waals surface area contributed by atoms with Crippen LogP contribution in [0.2, 0.25) is 0 Å². The van der Waals surface area contributed by atoms with Crippen LogP contribution in [0.1, 0.15) is 22.3 Å². The Bertz CT molecular complexity index is 3270. The summed E-state index contributed by atoms with van der Waals surface area (Å²) in [7, 11) is 0. The van der Waals surface area contributed by atoms with Crippen molar-refractivity contribution in [3.05, 3.63) is 210 Å². The molecule has 0 fully saturated rings. The largest absolute Gasteiger partial charge is 0.309 e. The van der Waals surface area contributed by atoms with Gasteiger partial charge in [-0.25, -0.2) is 0 Å². The van der Waals surface area contributed by atoms with Crippen molar-refractivity contribution in [3.63, 3.8) is 0 Å². The average molecular weight is 682 g/mol. The number of fused-ring (bicyclic) bond motifs is 17. The van der Waals surface area contributed by atoms with Gasteiger partial charge in [0, 0.05) is 16.5 Å². The molecular formula is C53H31N. The summed E-state index contributed by atoms with van der Waals surface area (Å²) in [5.74, 6) is 0. The highest BCUT2D eigenvalue weighted by Gasteiger charge is 2.52. The van der Waals surface area contributed by atoms with E-state index in [0.717, 1.165) is 0 Å². The number of hydrogen-bond donors (Lipinski definition) is 0. The fourth-order valence-corrected chi connectivity index (χ4v) is 10.7. The van der Waals surface area contributed by atoms with E-state index < -0.39 is 5.41 Å². The summed E-state index contributed by atoms with van der Waals surface area (Å²) >= 11 is 0. The minimum atomic E-state index is -0.415. The molecule has 54 heavy (non-hydrogen) atoms. The van der Waals surface area contributed by atoms with Crippen LogP contribution in [0.25, 0.3) is 93.9 Å². The van der Waals surface area contributed by atoms with Crippen molar-refractivity contribution < 1.29 is 0 Å². The summed E-state index contributed by atoms with van der Waals surface area (Å²) < 4.78 is 2.39. The highest BCUT2D eigenvalue weighted by molar-refractivity contribution is 6.21. The van der Waals surface area contributed by atoms with Crippen molar-refractivity contribution in [1.29, 1.82) is 0 Å². The first kappa shape index (κ1) is 28.6. The second-order valence-electron chi connectivity index (χ2n) is 15.1. The van der Waals surface area contributed by atoms with E-state index in [0.29, 0.717) is 0 Å². The van der Waals surface area contributed by atoms with Crippen molar-refractivity contribution in [2.75, 3.05) is 0 Å². The van der Waals surface area contributed by atoms with E-state index in [1.54, 1.807) is 0 Å². The molecule has 1 heteroatoms. The van der Waals surface area contributed by atoms with E-state index in [2.05, 4.69) is 193 Å². The van der Waals surface area contributed by atoms with Gasteiger partial charge in [0.25, 0.3) is 0 Å². The Balaban J connectivity index is 1.07. The van der Waals surface area contributed by atoms with Crippen LogP contribution in [0.4, 0.5) is 0 Å². The standard InChI is InChI=1S/C53H31N/c1-2-13-34(14-3-1)54-49-24-11-8-18-38(49)43-30-33(26-28-50(43)54)32-25-27-47-42(29-32)37-17-6-9-22-45(37)53(47)46-23-10-7-19-40(46)52-41-21-12-20-39-35-15-4-5-16-36(35)44(51(39)41)31-48(52)53/h1-31H. The second-order valence-corrected chi connectivity index (χ2v) is 15.1. The van der Waals surface area contributed by atoms with E-state index in [9.17, 15) is 0 Å². The lowest BCUT2D eigenvalue weighted by Gasteiger charge is -2.31. The number of hydrogen-bond acceptors (Lipinski definition) is 0. The summed E-state index contributed by atoms with van der Waals surface area (Å²) in [4.78, 5) is 0. The molecule has 1 aromatic heterocycles. The molecule has 13 rings (SSSR count). The predicted molar refractivity (Wildman–Crippen MR) is 224 cm³/mol. The Kier molecular flexibility index (Phi) is 5.36. The van der Waals surface area contributed by atoms with Gasteiger partial charge in [-0.1, -0.05) is 146 Å². The Labute approximate surface area is 313 Å². The third-order valence-corrected chi connectivity index (χ3v) is 12.7. The lowest BCUT2D eigenvalue weighted by molar-refractivity contribution is 0.795. The zero-order chi connectivity index (χ0) is 35.1. The molecule has 9 aromatic carbocycles. The molecule has 248 valence electrons. The number of aromatic nitrogens is 1. The average Bonchev–Trinajstić information content (AvgIpc) is 3.94. The smallest absolute Gasteiger partial charge is 0.0725 e. The van der Waals surface area contributed by atoms with Crippen LogP contribution in [0.3, 0.4) is 0 Å². The fraction of sp³-hybridized carbons (Fsp3) is 0.0189. The summed E-state index contributed by atoms with van der Waals surface area (Å²) in [6.45, 7) is 0. The molecule has 1 spiro atoms. The molecule has 1 heterocycles. The summed E-state index contributed by atoms with van der Waals surface area (Å²) in [5.41, 5.74) is 22.0.